The van der Waals surface area contributed by atoms with Crippen LogP contribution in [0.5, 0.6) is 17.2 Å². The number of hydrogen-bond donors (Lipinski definition) is 6. The number of fused-ring (bicyclic) bond motifs is 5. The Morgan fingerprint density at radius 3 is 0.919 bits per heavy atom. The molecule has 0 aliphatic heterocycles. The van der Waals surface area contributed by atoms with Gasteiger partial charge in [-0.2, -0.15) is 26.3 Å². The minimum atomic E-state index is -0.157. The predicted molar refractivity (Wildman–Crippen MR) is 614 cm³/mol. The number of anilines is 5. The van der Waals surface area contributed by atoms with Gasteiger partial charge >= 0.3 is 3.18 Å². The average molecular weight is 2310 g/mol. The number of aryl methyl sites for hydroxylation is 7. The van der Waals surface area contributed by atoms with E-state index in [9.17, 15) is 55.4 Å². The third-order valence-electron chi connectivity index (χ3n) is 25.9. The number of carbonyl (C=O) groups is 5. The van der Waals surface area contributed by atoms with Gasteiger partial charge in [-0.1, -0.05) is 101 Å². The van der Waals surface area contributed by atoms with Crippen molar-refractivity contribution in [3.8, 4) is 104 Å². The lowest BCUT2D eigenvalue weighted by atomic mass is 10.0. The molecule has 0 atom stereocenters. The molecule has 5 aliphatic carbocycles. The minimum absolute atomic E-state index is 0.0774. The maximum atomic E-state index is 12.0. The summed E-state index contributed by atoms with van der Waals surface area (Å²) in [4.78, 5) is 61.9. The number of nitrogen functional groups attached to an aromatic ring is 1. The summed E-state index contributed by atoms with van der Waals surface area (Å²) < 4.78 is 24.6. The molecule has 4 amide bonds. The van der Waals surface area contributed by atoms with E-state index >= 15 is 0 Å². The largest absolute Gasteiger partial charge is 0.508 e. The highest BCUT2D eigenvalue weighted by Crippen LogP contribution is 2.44. The normalized spacial score (nSPS) is 12.9. The van der Waals surface area contributed by atoms with Crippen LogP contribution in [0.25, 0.3) is 111 Å². The van der Waals surface area contributed by atoms with Crippen molar-refractivity contribution in [2.75, 3.05) is 57.3 Å². The van der Waals surface area contributed by atoms with Crippen molar-refractivity contribution >= 4 is 213 Å². The Morgan fingerprint density at radius 2 is 0.671 bits per heavy atom. The molecule has 16 aromatic rings. The fraction of sp³-hybridized carbons (Fsp3) is 0.284. The number of phenolic OH excluding ortho intramolecular Hbond substituents is 1. The number of imidazole rings is 1. The number of nitrogens with zero attached hydrogens (tertiary/aromatic N) is 12. The number of amides is 4. The van der Waals surface area contributed by atoms with Crippen LogP contribution in [0.4, 0.5) is 28.4 Å². The first-order valence-electron chi connectivity index (χ1n) is 49.6. The standard InChI is InChI=1S/C26H25N5O2.C23H22ClN3O2.C22H21N3O.C21H19N3O2.C18H17N3.C4H5ClO.C2H4BrCl.BBr3/c1-2-31-24-15-21(33-14-13-30-12-11-28-17-30)9-10-22(24)23(16-27)25(31)18-5-7-20(8-6-18)29-26(32)19-3-4-19;1-2-27-21-13-18(29-12-11-24)9-10-19(21)20(14-25)22(27)15-5-7-17(8-6-15)26-23(28)16-3-4-16;1-3-25-20-12-14(2)4-11-18(20)19(13-23)21(25)15-7-9-17(10-8-15)24-22(26)16-5-6-16;1-2-24-19-11-16(25)9-10-17(19)18(12-22)20(24)13-5-7-15(8-6-13)23-21(26)14-3-4-14;1-3-21-17-10-12(2)4-9-15(17)16(11-19)18(21)13-5-7-14(20)8-6-13;5-4(6)3-1-2-3;3-1-2-4;2-1(3)4/h5-12,15,17,19H,2-4,13-14H2,1H3,(H,29,32);5-10,13,16H,2-4,11-12H2,1H3,(H,26,28);4,7-12,16H,3,5-6H2,1-2H3,(H,24,26);5-11,14,25H,2-4H2,1H3,(H,23,26);4-10H,3,20H2,1-2H3;3H,1-2H2;1-2H2;. The van der Waals surface area contributed by atoms with Crippen LogP contribution < -0.4 is 36.5 Å². The number of ether oxygens (including phenoxy) is 2. The smallest absolute Gasteiger partial charge is 0.369 e. The Balaban J connectivity index is 0.000000143. The molecule has 0 spiro atoms. The second kappa shape index (κ2) is 52.4. The van der Waals surface area contributed by atoms with Gasteiger partial charge in [0.15, 0.2) is 0 Å². The van der Waals surface area contributed by atoms with Crippen LogP contribution in [0.1, 0.15) is 138 Å². The molecular weight excluding hydrogens is 2200 g/mol. The maximum Gasteiger partial charge on any atom is 0.369 e. The van der Waals surface area contributed by atoms with E-state index in [1.54, 1.807) is 30.7 Å². The number of nitriles is 5. The SMILES string of the molecule is BrB(Br)Br.CCn1c(-c2ccc(N)cc2)c(C#N)c2ccc(C)cc21.CCn1c(-c2ccc(NC(=O)C3CC3)cc2)c(C#N)c2ccc(C)cc21.CCn1c(-c2ccc(NC(=O)C3CC3)cc2)c(C#N)c2ccc(O)cc21.CCn1c(-c2ccc(NC(=O)C3CC3)cc2)c(C#N)c2ccc(OCCCl)cc21.CCn1c(-c2ccc(NC(=O)C3CC3)cc2)c(C#N)c2ccc(OCCn3ccnc3)cc21.ClCCBr.O=C(Cl)C1CC1. The Hall–Kier alpha value is -13.8. The number of carbonyl (C=O) groups excluding carboxylic acids is 5. The van der Waals surface area contributed by atoms with E-state index in [-0.39, 0.29) is 67.4 Å². The number of aromatic hydroxyl groups is 1. The van der Waals surface area contributed by atoms with E-state index in [0.29, 0.717) is 73.4 Å². The number of halogens is 7. The molecule has 25 nitrogen and oxygen atoms in total. The maximum absolute atomic E-state index is 12.0. The summed E-state index contributed by atoms with van der Waals surface area (Å²) in [5.41, 5.74) is 29.6. The predicted octanol–water partition coefficient (Wildman–Crippen LogP) is 28.1. The lowest BCUT2D eigenvalue weighted by molar-refractivity contribution is -0.118. The Bertz CT molecular complexity index is 7570. The molecule has 6 aromatic heterocycles. The quantitative estimate of drug-likeness (QED) is 0.0121. The fourth-order valence-electron chi connectivity index (χ4n) is 17.8. The Morgan fingerprint density at radius 1 is 0.403 bits per heavy atom. The van der Waals surface area contributed by atoms with Crippen molar-refractivity contribution in [1.82, 2.24) is 32.4 Å². The molecule has 5 aliphatic rings. The zero-order valence-electron chi connectivity index (χ0n) is 83.6. The Labute approximate surface area is 915 Å². The van der Waals surface area contributed by atoms with E-state index in [1.165, 1.54) is 11.1 Å². The summed E-state index contributed by atoms with van der Waals surface area (Å²) >= 11 is 28.3. The third-order valence-corrected chi connectivity index (χ3v) is 27.4. The number of alkyl halides is 3. The van der Waals surface area contributed by atoms with Crippen LogP contribution in [0.15, 0.2) is 231 Å². The molecular formula is C116H113BBr4Cl3N17O8. The monoisotopic (exact) mass is 2300 g/mol. The summed E-state index contributed by atoms with van der Waals surface area (Å²) in [5, 5.41) is 76.0. The van der Waals surface area contributed by atoms with Gasteiger partial charge in [-0.3, -0.25) is 24.0 Å². The number of benzene rings is 10. The minimum Gasteiger partial charge on any atom is -0.508 e. The highest BCUT2D eigenvalue weighted by atomic mass is 79.9. The number of phenols is 1. The van der Waals surface area contributed by atoms with Crippen molar-refractivity contribution in [2.45, 2.75) is 152 Å². The van der Waals surface area contributed by atoms with Crippen LogP contribution in [0.2, 0.25) is 0 Å². The first-order valence-corrected chi connectivity index (χ1v) is 55.0. The van der Waals surface area contributed by atoms with Crippen LogP contribution in [0.3, 0.4) is 0 Å². The van der Waals surface area contributed by atoms with Gasteiger partial charge in [0.05, 0.1) is 103 Å². The number of rotatable bonds is 27. The summed E-state index contributed by atoms with van der Waals surface area (Å²) in [7, 11) is 0. The second-order valence-corrected chi connectivity index (χ2v) is 44.7. The lowest BCUT2D eigenvalue weighted by Gasteiger charge is -2.11. The van der Waals surface area contributed by atoms with E-state index in [1.807, 2.05) is 198 Å². The fourth-order valence-corrected chi connectivity index (χ4v) is 18.1. The van der Waals surface area contributed by atoms with Gasteiger partial charge in [-0.05, 0) is 272 Å². The van der Waals surface area contributed by atoms with E-state index < -0.39 is 0 Å². The van der Waals surface area contributed by atoms with Crippen molar-refractivity contribution in [1.29, 1.82) is 26.3 Å². The van der Waals surface area contributed by atoms with Crippen LogP contribution >= 0.6 is 98.0 Å². The van der Waals surface area contributed by atoms with E-state index in [2.05, 4.69) is 198 Å². The lowest BCUT2D eigenvalue weighted by Crippen LogP contribution is -2.13. The molecule has 5 saturated carbocycles. The number of aromatic nitrogens is 7. The van der Waals surface area contributed by atoms with Crippen molar-refractivity contribution in [3.63, 3.8) is 0 Å². The topological polar surface area (TPSA) is 360 Å². The molecule has 6 heterocycles. The molecule has 33 heteroatoms. The highest BCUT2D eigenvalue weighted by molar-refractivity contribution is 9.69. The zero-order valence-corrected chi connectivity index (χ0v) is 92.3. The molecule has 7 N–H and O–H groups in total. The summed E-state index contributed by atoms with van der Waals surface area (Å²) in [6.45, 7) is 19.9. The number of hydrogen-bond acceptors (Lipinski definition) is 15. The van der Waals surface area contributed by atoms with Crippen LogP contribution in [-0.4, -0.2) is 99.9 Å². The van der Waals surface area contributed by atoms with Gasteiger partial charge in [0.2, 0.25) is 28.9 Å². The summed E-state index contributed by atoms with van der Waals surface area (Å²) in [6, 6.07) is 79.5. The first-order chi connectivity index (χ1) is 72.2. The molecule has 21 rings (SSSR count). The first kappa shape index (κ1) is 111. The molecule has 5 fully saturated rings. The van der Waals surface area contributed by atoms with Crippen molar-refractivity contribution in [2.24, 2.45) is 29.6 Å². The number of nitrogens with one attached hydrogen (secondary N) is 4. The van der Waals surface area contributed by atoms with E-state index in [4.69, 9.17) is 50.0 Å². The summed E-state index contributed by atoms with van der Waals surface area (Å²) in [6.07, 6.45) is 15.3. The molecule has 0 saturated heterocycles. The van der Waals surface area contributed by atoms with Crippen LogP contribution in [-0.2, 0) is 63.2 Å². The molecule has 0 bridgehead atoms. The van der Waals surface area contributed by atoms with E-state index in [0.717, 1.165) is 239 Å². The Kier molecular flexibility index (Phi) is 38.9. The van der Waals surface area contributed by atoms with Crippen LogP contribution in [0, 0.1) is 100 Å². The molecule has 0 radical (unpaired) electrons. The van der Waals surface area contributed by atoms with Gasteiger partial charge in [0.25, 0.3) is 0 Å². The van der Waals surface area contributed by atoms with Gasteiger partial charge in [0, 0.05) is 159 Å². The van der Waals surface area contributed by atoms with Gasteiger partial charge in [0.1, 0.15) is 60.8 Å². The van der Waals surface area contributed by atoms with Crippen molar-refractivity contribution < 1.29 is 38.6 Å². The molecule has 149 heavy (non-hydrogen) atoms. The zero-order chi connectivity index (χ0) is 106. The molecule has 762 valence electrons. The summed E-state index contributed by atoms with van der Waals surface area (Å²) in [5.74, 6) is 4.07. The second-order valence-electron chi connectivity index (χ2n) is 36.4. The van der Waals surface area contributed by atoms with Gasteiger partial charge in [-0.25, -0.2) is 4.98 Å². The number of nitrogens with two attached hydrogens (primary N) is 1. The third kappa shape index (κ3) is 27.8. The highest BCUT2D eigenvalue weighted by Gasteiger charge is 2.34. The molecule has 10 aromatic carbocycles. The molecule has 0 unspecified atom stereocenters. The average Bonchev–Trinajstić information content (AvgIpc) is 1.62. The van der Waals surface area contributed by atoms with Crippen molar-refractivity contribution in [3.05, 3.63) is 270 Å². The van der Waals surface area contributed by atoms with Gasteiger partial charge in [-0.15, -0.1) is 70.5 Å². The van der Waals surface area contributed by atoms with Gasteiger partial charge < -0.3 is 69.0 Å².